The minimum absolute atomic E-state index is 0.000323. The lowest BCUT2D eigenvalue weighted by Crippen LogP contribution is -2.48. The van der Waals surface area contributed by atoms with Gasteiger partial charge in [-0.05, 0) is 62.3 Å². The molecule has 0 unspecified atom stereocenters. The Kier molecular flexibility index (Phi) is 15.6. The van der Waals surface area contributed by atoms with Crippen molar-refractivity contribution in [3.05, 3.63) is 59.9 Å². The molecule has 70 heavy (non-hydrogen) atoms. The molecule has 10 heterocycles. The summed E-state index contributed by atoms with van der Waals surface area (Å²) in [6.07, 6.45) is -0.696. The largest absolute Gasteiger partial charge is 0.419 e. The number of piperidine rings is 2. The summed E-state index contributed by atoms with van der Waals surface area (Å²) in [6, 6.07) is 8.85. The van der Waals surface area contributed by atoms with Crippen molar-refractivity contribution in [3.8, 4) is 0 Å². The molecule has 0 amide bonds. The highest BCUT2D eigenvalue weighted by atomic mass is 19.4. The van der Waals surface area contributed by atoms with Crippen LogP contribution in [0, 0.1) is 5.92 Å². The van der Waals surface area contributed by atoms with Crippen LogP contribution in [0.1, 0.15) is 43.2 Å². The quantitative estimate of drug-likeness (QED) is 0.217. The molecular formula is C47H62F6N14O3. The zero-order chi connectivity index (χ0) is 48.7. The van der Waals surface area contributed by atoms with Crippen LogP contribution in [-0.4, -0.2) is 173 Å². The number of hydrogen-bond donors (Lipinski definition) is 1. The Labute approximate surface area is 404 Å². The third-order valence-corrected chi connectivity index (χ3v) is 13.8. The molecule has 0 radical (unpaired) electrons. The van der Waals surface area contributed by atoms with Gasteiger partial charge in [-0.25, -0.2) is 9.97 Å². The Morgan fingerprint density at radius 3 is 1.19 bits per heavy atom. The number of alkyl halides is 6. The smallest absolute Gasteiger partial charge is 0.396 e. The second-order valence-corrected chi connectivity index (χ2v) is 18.3. The predicted molar refractivity (Wildman–Crippen MR) is 256 cm³/mol. The van der Waals surface area contributed by atoms with Gasteiger partial charge in [0.2, 0.25) is 11.9 Å². The van der Waals surface area contributed by atoms with Gasteiger partial charge in [0.15, 0.2) is 0 Å². The zero-order valence-electron chi connectivity index (χ0n) is 39.4. The Balaban J connectivity index is 0.000000174. The van der Waals surface area contributed by atoms with Crippen molar-refractivity contribution in [2.75, 3.05) is 177 Å². The van der Waals surface area contributed by atoms with Crippen molar-refractivity contribution in [2.45, 2.75) is 44.5 Å². The van der Waals surface area contributed by atoms with Crippen LogP contribution in [0.3, 0.4) is 0 Å². The summed E-state index contributed by atoms with van der Waals surface area (Å²) in [4.78, 5) is 44.1. The summed E-state index contributed by atoms with van der Waals surface area (Å²) in [6.45, 7) is 13.1. The number of aliphatic hydroxyl groups is 1. The number of anilines is 8. The van der Waals surface area contributed by atoms with Gasteiger partial charge in [0.1, 0.15) is 34.9 Å². The van der Waals surface area contributed by atoms with E-state index in [0.717, 1.165) is 100 Å². The summed E-state index contributed by atoms with van der Waals surface area (Å²) in [5, 5.41) is 9.50. The molecule has 23 heteroatoms. The van der Waals surface area contributed by atoms with Gasteiger partial charge in [0.25, 0.3) is 0 Å². The third-order valence-electron chi connectivity index (χ3n) is 13.8. The lowest BCUT2D eigenvalue weighted by atomic mass is 9.98. The predicted octanol–water partition coefficient (Wildman–Crippen LogP) is 5.31. The number of morpholine rings is 2. The van der Waals surface area contributed by atoms with E-state index in [1.165, 1.54) is 30.9 Å². The SMILES string of the molecule is FC(F)(F)c1cccnc1N1CCN(c2cc(N3CCCCC3)nc(N3CCOCC3)n2)CC1.OCC1CCN(c2cc(N3CCN(c4ncccc4C(F)(F)F)CC3)nc(N3CCOCC3)n2)CC1. The molecule has 6 fully saturated rings. The molecule has 0 aromatic carbocycles. The first-order chi connectivity index (χ1) is 33.9. The average Bonchev–Trinajstić information content (AvgIpc) is 3.41. The van der Waals surface area contributed by atoms with E-state index in [4.69, 9.17) is 29.4 Å². The number of pyridine rings is 2. The molecule has 4 aromatic rings. The zero-order valence-corrected chi connectivity index (χ0v) is 39.4. The van der Waals surface area contributed by atoms with E-state index in [-0.39, 0.29) is 18.2 Å². The summed E-state index contributed by atoms with van der Waals surface area (Å²) in [5.74, 6) is 5.05. The third kappa shape index (κ3) is 11.9. The Bertz CT molecular complexity index is 2270. The fourth-order valence-corrected chi connectivity index (χ4v) is 9.78. The molecular weight excluding hydrogens is 923 g/mol. The number of aromatic nitrogens is 6. The minimum Gasteiger partial charge on any atom is -0.396 e. The van der Waals surface area contributed by atoms with E-state index in [1.54, 1.807) is 9.80 Å². The number of piperazine rings is 2. The molecule has 4 aromatic heterocycles. The first kappa shape index (κ1) is 49.3. The van der Waals surface area contributed by atoms with Gasteiger partial charge >= 0.3 is 12.4 Å². The molecule has 1 N–H and O–H groups in total. The van der Waals surface area contributed by atoms with Crippen molar-refractivity contribution < 1.29 is 40.9 Å². The fourth-order valence-electron chi connectivity index (χ4n) is 9.78. The van der Waals surface area contributed by atoms with E-state index in [1.807, 2.05) is 12.1 Å². The van der Waals surface area contributed by atoms with Crippen LogP contribution in [0.5, 0.6) is 0 Å². The number of hydrogen-bond acceptors (Lipinski definition) is 17. The lowest BCUT2D eigenvalue weighted by Gasteiger charge is -2.38. The average molecular weight is 985 g/mol. The molecule has 10 rings (SSSR count). The monoisotopic (exact) mass is 985 g/mol. The van der Waals surface area contributed by atoms with Crippen LogP contribution >= 0.6 is 0 Å². The van der Waals surface area contributed by atoms with Crippen molar-refractivity contribution in [3.63, 3.8) is 0 Å². The molecule has 6 aliphatic rings. The van der Waals surface area contributed by atoms with Gasteiger partial charge in [-0.2, -0.15) is 46.3 Å². The summed E-state index contributed by atoms with van der Waals surface area (Å²) in [5.41, 5.74) is -1.39. The van der Waals surface area contributed by atoms with Crippen LogP contribution < -0.4 is 39.2 Å². The van der Waals surface area contributed by atoms with Crippen LogP contribution in [0.4, 0.5) is 73.1 Å². The highest BCUT2D eigenvalue weighted by Gasteiger charge is 2.38. The van der Waals surface area contributed by atoms with E-state index < -0.39 is 23.5 Å². The highest BCUT2D eigenvalue weighted by Crippen LogP contribution is 2.38. The maximum absolute atomic E-state index is 13.5. The summed E-state index contributed by atoms with van der Waals surface area (Å²) < 4.78 is 91.9. The second kappa shape index (κ2) is 22.2. The standard InChI is InChI=1S/C24H32F3N7O2.C23H30F3N7O/c25-24(26,27)19-2-1-5-28-22(19)33-10-8-32(9-11-33)21-16-20(31-6-3-18(17-35)4-7-31)29-23(30-21)34-12-14-36-15-13-34;24-23(25,26)18-5-4-6-27-21(18)32-11-9-31(10-12-32)20-17-19(30-7-2-1-3-8-30)28-22(29-20)33-13-15-34-16-14-33/h1-2,5,16,18,35H,3-4,6-15,17H2;4-6,17H,1-3,7-16H2. The molecule has 0 atom stereocenters. The van der Waals surface area contributed by atoms with Gasteiger partial charge < -0.3 is 53.8 Å². The van der Waals surface area contributed by atoms with Crippen molar-refractivity contribution in [2.24, 2.45) is 5.92 Å². The molecule has 0 spiro atoms. The number of nitrogens with zero attached hydrogens (tertiary/aromatic N) is 14. The van der Waals surface area contributed by atoms with Crippen LogP contribution in [0.25, 0.3) is 0 Å². The van der Waals surface area contributed by atoms with E-state index in [0.29, 0.717) is 110 Å². The van der Waals surface area contributed by atoms with Crippen molar-refractivity contribution in [1.29, 1.82) is 0 Å². The Morgan fingerprint density at radius 1 is 0.457 bits per heavy atom. The van der Waals surface area contributed by atoms with Gasteiger partial charge in [-0.1, -0.05) is 0 Å². The topological polar surface area (TPSA) is 142 Å². The van der Waals surface area contributed by atoms with E-state index >= 15 is 0 Å². The molecule has 380 valence electrons. The van der Waals surface area contributed by atoms with E-state index in [2.05, 4.69) is 39.4 Å². The first-order valence-corrected chi connectivity index (χ1v) is 24.5. The van der Waals surface area contributed by atoms with Gasteiger partial charge in [-0.3, -0.25) is 0 Å². The minimum atomic E-state index is -4.45. The molecule has 6 saturated heterocycles. The maximum atomic E-state index is 13.5. The number of ether oxygens (including phenoxy) is 2. The Hall–Kier alpha value is -5.68. The fraction of sp³-hybridized carbons (Fsp3) is 0.617. The summed E-state index contributed by atoms with van der Waals surface area (Å²) in [7, 11) is 0. The molecule has 0 bridgehead atoms. The molecule has 17 nitrogen and oxygen atoms in total. The van der Waals surface area contributed by atoms with Gasteiger partial charge in [-0.15, -0.1) is 0 Å². The molecule has 6 aliphatic heterocycles. The lowest BCUT2D eigenvalue weighted by molar-refractivity contribution is -0.138. The highest BCUT2D eigenvalue weighted by molar-refractivity contribution is 5.59. The maximum Gasteiger partial charge on any atom is 0.419 e. The van der Waals surface area contributed by atoms with Crippen molar-refractivity contribution >= 4 is 46.8 Å². The number of rotatable bonds is 9. The number of halogens is 6. The second-order valence-electron chi connectivity index (χ2n) is 18.3. The first-order valence-electron chi connectivity index (χ1n) is 24.5. The Morgan fingerprint density at radius 2 is 0.814 bits per heavy atom. The van der Waals surface area contributed by atoms with Crippen molar-refractivity contribution in [1.82, 2.24) is 29.9 Å². The van der Waals surface area contributed by atoms with Gasteiger partial charge in [0.05, 0.1) is 37.6 Å². The molecule has 0 aliphatic carbocycles. The van der Waals surface area contributed by atoms with Crippen LogP contribution in [0.2, 0.25) is 0 Å². The number of aliphatic hydroxyl groups excluding tert-OH is 1. The summed E-state index contributed by atoms with van der Waals surface area (Å²) >= 11 is 0. The molecule has 0 saturated carbocycles. The normalized spacial score (nSPS) is 20.2. The van der Waals surface area contributed by atoms with Crippen LogP contribution in [0.15, 0.2) is 48.8 Å². The van der Waals surface area contributed by atoms with Crippen LogP contribution in [-0.2, 0) is 21.8 Å². The van der Waals surface area contributed by atoms with E-state index in [9.17, 15) is 31.4 Å². The van der Waals surface area contributed by atoms with Gasteiger partial charge in [0, 0.05) is 136 Å².